The van der Waals surface area contributed by atoms with E-state index in [-0.39, 0.29) is 17.8 Å². The van der Waals surface area contributed by atoms with Crippen molar-refractivity contribution in [3.63, 3.8) is 0 Å². The number of carbonyl (C=O) groups is 2. The summed E-state index contributed by atoms with van der Waals surface area (Å²) in [5, 5.41) is 19.7. The molecule has 2 aliphatic rings. The minimum Gasteiger partial charge on any atom is -0.481 e. The summed E-state index contributed by atoms with van der Waals surface area (Å²) >= 11 is 0. The Morgan fingerprint density at radius 1 is 0.960 bits per heavy atom. The largest absolute Gasteiger partial charge is 0.481 e. The summed E-state index contributed by atoms with van der Waals surface area (Å²) in [6, 6.07) is 0. The highest BCUT2D eigenvalue weighted by Gasteiger charge is 2.54. The molecule has 2 fully saturated rings. The van der Waals surface area contributed by atoms with Crippen LogP contribution in [0.15, 0.2) is 0 Å². The molecule has 0 radical (unpaired) electrons. The number of carboxylic acid groups (broad SMARTS) is 2. The molecule has 4 nitrogen and oxygen atoms in total. The number of hydrogen-bond acceptors (Lipinski definition) is 2. The predicted octanol–water partition coefficient (Wildman–Crippen LogP) is 5.50. The lowest BCUT2D eigenvalue weighted by atomic mass is 9.54. The molecule has 144 valence electrons. The van der Waals surface area contributed by atoms with E-state index in [2.05, 4.69) is 6.92 Å². The van der Waals surface area contributed by atoms with Crippen LogP contribution < -0.4 is 0 Å². The van der Waals surface area contributed by atoms with Gasteiger partial charge in [-0.1, -0.05) is 58.3 Å². The number of carboxylic acids is 2. The summed E-state index contributed by atoms with van der Waals surface area (Å²) in [5.74, 6) is -1.46. The monoisotopic (exact) mass is 352 g/mol. The molecule has 0 saturated heterocycles. The van der Waals surface area contributed by atoms with E-state index in [0.29, 0.717) is 19.3 Å². The number of unbranched alkanes of at least 4 members (excludes halogenated alkanes) is 4. The topological polar surface area (TPSA) is 74.6 Å². The van der Waals surface area contributed by atoms with Gasteiger partial charge in [-0.2, -0.15) is 0 Å². The summed E-state index contributed by atoms with van der Waals surface area (Å²) in [7, 11) is 0. The molecule has 0 spiro atoms. The summed E-state index contributed by atoms with van der Waals surface area (Å²) in [6.07, 6.45) is 13.8. The highest BCUT2D eigenvalue weighted by atomic mass is 16.4. The van der Waals surface area contributed by atoms with E-state index >= 15 is 0 Å². The van der Waals surface area contributed by atoms with Crippen molar-refractivity contribution in [1.82, 2.24) is 0 Å². The molecule has 2 aliphatic carbocycles. The zero-order valence-corrected chi connectivity index (χ0v) is 15.8. The van der Waals surface area contributed by atoms with Crippen LogP contribution in [0.25, 0.3) is 0 Å². The lowest BCUT2D eigenvalue weighted by Gasteiger charge is -2.49. The average molecular weight is 353 g/mol. The van der Waals surface area contributed by atoms with Gasteiger partial charge in [0, 0.05) is 0 Å². The highest BCUT2D eigenvalue weighted by Crippen LogP contribution is 2.54. The zero-order chi connectivity index (χ0) is 18.3. The normalized spacial score (nSPS) is 30.9. The second-order valence-corrected chi connectivity index (χ2v) is 8.39. The van der Waals surface area contributed by atoms with Crippen molar-refractivity contribution in [2.45, 2.75) is 96.8 Å². The van der Waals surface area contributed by atoms with Gasteiger partial charge in [0.1, 0.15) is 0 Å². The summed E-state index contributed by atoms with van der Waals surface area (Å²) in [4.78, 5) is 24.0. The highest BCUT2D eigenvalue weighted by molar-refractivity contribution is 5.77. The van der Waals surface area contributed by atoms with Gasteiger partial charge in [0.2, 0.25) is 0 Å². The van der Waals surface area contributed by atoms with Gasteiger partial charge >= 0.3 is 11.9 Å². The van der Waals surface area contributed by atoms with E-state index < -0.39 is 17.4 Å². The molecule has 0 aromatic carbocycles. The first kappa shape index (κ1) is 20.3. The summed E-state index contributed by atoms with van der Waals surface area (Å²) in [5.41, 5.74) is -0.670. The summed E-state index contributed by atoms with van der Waals surface area (Å²) in [6.45, 7) is 2.19. The molecule has 0 bridgehead atoms. The Morgan fingerprint density at radius 2 is 1.64 bits per heavy atom. The molecule has 0 heterocycles. The van der Waals surface area contributed by atoms with Gasteiger partial charge in [0.15, 0.2) is 0 Å². The molecular weight excluding hydrogens is 316 g/mol. The molecule has 2 N–H and O–H groups in total. The van der Waals surface area contributed by atoms with E-state index in [1.54, 1.807) is 0 Å². The maximum Gasteiger partial charge on any atom is 0.310 e. The zero-order valence-electron chi connectivity index (χ0n) is 15.8. The van der Waals surface area contributed by atoms with E-state index in [9.17, 15) is 19.8 Å². The SMILES string of the molecule is CCCCCCCC1CC(C(=O)O)CCC1(C(=O)O)C1CCCCC1. The van der Waals surface area contributed by atoms with E-state index in [1.807, 2.05) is 0 Å². The molecule has 0 aromatic rings. The van der Waals surface area contributed by atoms with E-state index in [1.165, 1.54) is 25.7 Å². The number of aliphatic carboxylic acids is 2. The van der Waals surface area contributed by atoms with Gasteiger partial charge in [0.25, 0.3) is 0 Å². The van der Waals surface area contributed by atoms with Gasteiger partial charge in [-0.3, -0.25) is 9.59 Å². The van der Waals surface area contributed by atoms with Crippen molar-refractivity contribution < 1.29 is 19.8 Å². The summed E-state index contributed by atoms with van der Waals surface area (Å²) < 4.78 is 0. The number of rotatable bonds is 9. The maximum absolute atomic E-state index is 12.5. The molecule has 0 aromatic heterocycles. The molecule has 0 aliphatic heterocycles. The van der Waals surface area contributed by atoms with Crippen molar-refractivity contribution in [2.24, 2.45) is 23.2 Å². The smallest absolute Gasteiger partial charge is 0.310 e. The van der Waals surface area contributed by atoms with Gasteiger partial charge in [0.05, 0.1) is 11.3 Å². The Hall–Kier alpha value is -1.06. The Kier molecular flexibility index (Phi) is 7.77. The minimum absolute atomic E-state index is 0.0320. The molecular formula is C21H36O4. The molecule has 3 atom stereocenters. The lowest BCUT2D eigenvalue weighted by molar-refractivity contribution is -0.168. The third kappa shape index (κ3) is 4.77. The third-order valence-corrected chi connectivity index (χ3v) is 6.94. The Bertz CT molecular complexity index is 441. The van der Waals surface area contributed by atoms with Crippen molar-refractivity contribution in [3.8, 4) is 0 Å². The van der Waals surface area contributed by atoms with Crippen molar-refractivity contribution >= 4 is 11.9 Å². The first-order chi connectivity index (χ1) is 12.0. The van der Waals surface area contributed by atoms with Crippen LogP contribution in [-0.2, 0) is 9.59 Å². The van der Waals surface area contributed by atoms with E-state index in [0.717, 1.165) is 44.9 Å². The van der Waals surface area contributed by atoms with Crippen LogP contribution in [0.5, 0.6) is 0 Å². The van der Waals surface area contributed by atoms with Crippen LogP contribution in [-0.4, -0.2) is 22.2 Å². The van der Waals surface area contributed by atoms with Crippen molar-refractivity contribution in [3.05, 3.63) is 0 Å². The van der Waals surface area contributed by atoms with Crippen LogP contribution in [0.1, 0.15) is 96.8 Å². The van der Waals surface area contributed by atoms with Crippen LogP contribution in [0.3, 0.4) is 0 Å². The second-order valence-electron chi connectivity index (χ2n) is 8.39. The first-order valence-electron chi connectivity index (χ1n) is 10.5. The lowest BCUT2D eigenvalue weighted by Crippen LogP contribution is -2.50. The fourth-order valence-electron chi connectivity index (χ4n) is 5.49. The minimum atomic E-state index is -0.737. The third-order valence-electron chi connectivity index (χ3n) is 6.94. The standard InChI is InChI=1S/C21H36O4/c1-2-3-4-5-7-12-18-15-16(19(22)23)13-14-21(18,20(24)25)17-10-8-6-9-11-17/h16-18H,2-15H2,1H3,(H,22,23)(H,24,25). The molecule has 2 saturated carbocycles. The van der Waals surface area contributed by atoms with Gasteiger partial charge < -0.3 is 10.2 Å². The second kappa shape index (κ2) is 9.59. The quantitative estimate of drug-likeness (QED) is 0.537. The van der Waals surface area contributed by atoms with Crippen LogP contribution >= 0.6 is 0 Å². The Morgan fingerprint density at radius 3 is 2.24 bits per heavy atom. The van der Waals surface area contributed by atoms with Crippen LogP contribution in [0.2, 0.25) is 0 Å². The molecule has 2 rings (SSSR count). The van der Waals surface area contributed by atoms with Gasteiger partial charge in [-0.05, 0) is 50.4 Å². The van der Waals surface area contributed by atoms with Crippen molar-refractivity contribution in [1.29, 1.82) is 0 Å². The first-order valence-corrected chi connectivity index (χ1v) is 10.5. The average Bonchev–Trinajstić information content (AvgIpc) is 2.61. The number of hydrogen-bond donors (Lipinski definition) is 2. The fourth-order valence-corrected chi connectivity index (χ4v) is 5.49. The molecule has 0 amide bonds. The van der Waals surface area contributed by atoms with Crippen molar-refractivity contribution in [2.75, 3.05) is 0 Å². The maximum atomic E-state index is 12.5. The Labute approximate surface area is 152 Å². The van der Waals surface area contributed by atoms with Gasteiger partial charge in [-0.25, -0.2) is 0 Å². The molecule has 25 heavy (non-hydrogen) atoms. The predicted molar refractivity (Wildman–Crippen MR) is 98.5 cm³/mol. The van der Waals surface area contributed by atoms with Crippen LogP contribution in [0.4, 0.5) is 0 Å². The van der Waals surface area contributed by atoms with E-state index in [4.69, 9.17) is 0 Å². The van der Waals surface area contributed by atoms with Gasteiger partial charge in [-0.15, -0.1) is 0 Å². The molecule has 3 unspecified atom stereocenters. The van der Waals surface area contributed by atoms with Crippen LogP contribution in [0, 0.1) is 23.2 Å². The molecule has 4 heteroatoms. The Balaban J connectivity index is 2.13. The fraction of sp³-hybridized carbons (Fsp3) is 0.905.